The lowest BCUT2D eigenvalue weighted by atomic mass is 9.99. The van der Waals surface area contributed by atoms with Crippen molar-refractivity contribution in [2.24, 2.45) is 0 Å². The van der Waals surface area contributed by atoms with Gasteiger partial charge in [-0.05, 0) is 56.0 Å². The van der Waals surface area contributed by atoms with Crippen molar-refractivity contribution in [2.75, 3.05) is 23.8 Å². The van der Waals surface area contributed by atoms with E-state index in [0.717, 1.165) is 48.3 Å². The number of hydrogen-bond donors (Lipinski definition) is 3. The first-order valence-electron chi connectivity index (χ1n) is 12.1. The fourth-order valence-electron chi connectivity index (χ4n) is 4.59. The quantitative estimate of drug-likeness (QED) is 0.300. The van der Waals surface area contributed by atoms with Gasteiger partial charge in [-0.3, -0.25) is 9.20 Å². The smallest absolute Gasteiger partial charge is 0.254 e. The summed E-state index contributed by atoms with van der Waals surface area (Å²) in [5.41, 5.74) is 5.29. The van der Waals surface area contributed by atoms with E-state index in [1.807, 2.05) is 48.8 Å². The first kappa shape index (κ1) is 23.7. The molecule has 3 aromatic heterocycles. The zero-order valence-corrected chi connectivity index (χ0v) is 20.3. The highest BCUT2D eigenvalue weighted by molar-refractivity contribution is 6.06. The Hall–Kier alpha value is -3.98. The summed E-state index contributed by atoms with van der Waals surface area (Å²) in [7, 11) is 2.02. The molecule has 0 fully saturated rings. The molecule has 186 valence electrons. The van der Waals surface area contributed by atoms with Gasteiger partial charge in [-0.1, -0.05) is 6.07 Å². The Morgan fingerprint density at radius 1 is 1.19 bits per heavy atom. The van der Waals surface area contributed by atoms with Crippen LogP contribution in [-0.2, 0) is 6.54 Å². The number of unbranched alkanes of at least 4 members (excludes halogenated alkanes) is 1. The lowest BCUT2D eigenvalue weighted by Crippen LogP contribution is -2.19. The van der Waals surface area contributed by atoms with E-state index < -0.39 is 0 Å². The van der Waals surface area contributed by atoms with Gasteiger partial charge in [0.15, 0.2) is 0 Å². The molecule has 0 unspecified atom stereocenters. The number of halogens is 1. The third-order valence-electron chi connectivity index (χ3n) is 6.53. The first-order chi connectivity index (χ1) is 17.4. The Morgan fingerprint density at radius 2 is 2.06 bits per heavy atom. The number of aliphatic hydroxyl groups excluding tert-OH is 1. The summed E-state index contributed by atoms with van der Waals surface area (Å²) < 4.78 is 15.4. The molecule has 1 amide bonds. The Bertz CT molecular complexity index is 1400. The molecule has 0 saturated carbocycles. The molecule has 1 aliphatic heterocycles. The van der Waals surface area contributed by atoms with Crippen molar-refractivity contribution in [1.82, 2.24) is 19.7 Å². The summed E-state index contributed by atoms with van der Waals surface area (Å²) in [6.45, 7) is 3.10. The van der Waals surface area contributed by atoms with E-state index in [9.17, 15) is 14.3 Å². The minimum absolute atomic E-state index is 0.150. The summed E-state index contributed by atoms with van der Waals surface area (Å²) in [5.74, 6) is 0.145. The average molecular weight is 489 g/mol. The van der Waals surface area contributed by atoms with Crippen molar-refractivity contribution >= 4 is 28.7 Å². The van der Waals surface area contributed by atoms with Crippen LogP contribution in [0.2, 0.25) is 0 Å². The average Bonchev–Trinajstić information content (AvgIpc) is 3.46. The summed E-state index contributed by atoms with van der Waals surface area (Å²) in [6.07, 6.45) is 7.67. The highest BCUT2D eigenvalue weighted by Gasteiger charge is 2.27. The normalized spacial score (nSPS) is 13.5. The van der Waals surface area contributed by atoms with Gasteiger partial charge in [0.2, 0.25) is 0 Å². The Kier molecular flexibility index (Phi) is 6.56. The molecule has 0 radical (unpaired) electrons. The number of aliphatic hydroxyl groups is 1. The zero-order valence-electron chi connectivity index (χ0n) is 20.3. The molecule has 0 saturated heterocycles. The van der Waals surface area contributed by atoms with Gasteiger partial charge >= 0.3 is 0 Å². The first-order valence-corrected chi connectivity index (χ1v) is 12.1. The summed E-state index contributed by atoms with van der Waals surface area (Å²) in [5, 5.41) is 15.6. The number of anilines is 3. The van der Waals surface area contributed by atoms with Crippen molar-refractivity contribution in [1.29, 1.82) is 0 Å². The molecular formula is C27H29FN6O2. The Balaban J connectivity index is 1.36. The lowest BCUT2D eigenvalue weighted by molar-refractivity contribution is 0.0966. The highest BCUT2D eigenvalue weighted by Crippen LogP contribution is 2.35. The fourth-order valence-corrected chi connectivity index (χ4v) is 4.59. The van der Waals surface area contributed by atoms with E-state index in [1.165, 1.54) is 12.1 Å². The van der Waals surface area contributed by atoms with Crippen LogP contribution in [0, 0.1) is 5.82 Å². The van der Waals surface area contributed by atoms with Crippen LogP contribution in [0.1, 0.15) is 42.1 Å². The predicted octanol–water partition coefficient (Wildman–Crippen LogP) is 4.51. The standard InChI is InChI=1S/C27H29FN6O2/c1-17(35)5-3-4-11-33(2)19-6-9-24(29-14-19)32-22-8-7-20(21-15-31-27(36)26(21)22)23-16-30-25-13-18(28)10-12-34(23)25/h6-10,12-14,16-17,35H,3-5,11,15H2,1-2H3,(H,29,32)(H,31,36)/t17-/m1/s1. The number of nitrogens with one attached hydrogen (secondary N) is 2. The third kappa shape index (κ3) is 4.74. The van der Waals surface area contributed by atoms with Gasteiger partial charge in [-0.2, -0.15) is 0 Å². The molecule has 1 aromatic carbocycles. The number of nitrogens with zero attached hydrogens (tertiary/aromatic N) is 4. The van der Waals surface area contributed by atoms with E-state index in [4.69, 9.17) is 0 Å². The van der Waals surface area contributed by atoms with Gasteiger partial charge < -0.3 is 20.6 Å². The van der Waals surface area contributed by atoms with Gasteiger partial charge in [0.1, 0.15) is 17.3 Å². The number of benzene rings is 1. The minimum Gasteiger partial charge on any atom is -0.393 e. The Labute approximate surface area is 208 Å². The summed E-state index contributed by atoms with van der Waals surface area (Å²) >= 11 is 0. The number of hydrogen-bond acceptors (Lipinski definition) is 6. The second-order valence-electron chi connectivity index (χ2n) is 9.21. The number of carbonyl (C=O) groups excluding carboxylic acids is 1. The second-order valence-corrected chi connectivity index (χ2v) is 9.21. The van der Waals surface area contributed by atoms with E-state index in [0.29, 0.717) is 29.3 Å². The van der Waals surface area contributed by atoms with E-state index >= 15 is 0 Å². The second kappa shape index (κ2) is 9.94. The van der Waals surface area contributed by atoms with Crippen LogP contribution >= 0.6 is 0 Å². The van der Waals surface area contributed by atoms with Crippen molar-refractivity contribution in [2.45, 2.75) is 38.8 Å². The van der Waals surface area contributed by atoms with Gasteiger partial charge in [0.05, 0.1) is 41.1 Å². The van der Waals surface area contributed by atoms with Crippen LogP contribution < -0.4 is 15.5 Å². The molecule has 8 nitrogen and oxygen atoms in total. The van der Waals surface area contributed by atoms with Gasteiger partial charge in [-0.25, -0.2) is 14.4 Å². The third-order valence-corrected chi connectivity index (χ3v) is 6.53. The van der Waals surface area contributed by atoms with Crippen LogP contribution in [0.4, 0.5) is 21.6 Å². The maximum absolute atomic E-state index is 13.6. The van der Waals surface area contributed by atoms with Crippen molar-refractivity contribution < 1.29 is 14.3 Å². The molecule has 1 atom stereocenters. The minimum atomic E-state index is -0.345. The monoisotopic (exact) mass is 488 g/mol. The molecule has 4 heterocycles. The number of aromatic nitrogens is 3. The van der Waals surface area contributed by atoms with E-state index in [2.05, 4.69) is 25.5 Å². The molecule has 1 aliphatic rings. The number of pyridine rings is 2. The zero-order chi connectivity index (χ0) is 25.2. The van der Waals surface area contributed by atoms with Crippen LogP contribution in [0.3, 0.4) is 0 Å². The molecule has 0 aliphatic carbocycles. The summed E-state index contributed by atoms with van der Waals surface area (Å²) in [4.78, 5) is 23.8. The highest BCUT2D eigenvalue weighted by atomic mass is 19.1. The molecule has 5 rings (SSSR count). The van der Waals surface area contributed by atoms with Crippen LogP contribution in [0.5, 0.6) is 0 Å². The molecule has 36 heavy (non-hydrogen) atoms. The number of rotatable bonds is 9. The number of amides is 1. The maximum atomic E-state index is 13.6. The SMILES string of the molecule is C[C@@H](O)CCCCN(C)c1ccc(Nc2ccc(-c3cnc4cc(F)ccn34)c3c2C(=O)NC3)nc1. The van der Waals surface area contributed by atoms with E-state index in [-0.39, 0.29) is 17.8 Å². The molecule has 9 heteroatoms. The number of imidazole rings is 1. The van der Waals surface area contributed by atoms with E-state index in [1.54, 1.807) is 12.4 Å². The molecule has 0 bridgehead atoms. The van der Waals surface area contributed by atoms with Crippen molar-refractivity contribution in [3.8, 4) is 11.3 Å². The fraction of sp³-hybridized carbons (Fsp3) is 0.296. The summed E-state index contributed by atoms with van der Waals surface area (Å²) in [6, 6.07) is 10.5. The van der Waals surface area contributed by atoms with Gasteiger partial charge in [-0.15, -0.1) is 0 Å². The molecule has 0 spiro atoms. The number of carbonyl (C=O) groups is 1. The Morgan fingerprint density at radius 3 is 2.83 bits per heavy atom. The van der Waals surface area contributed by atoms with Crippen LogP contribution in [0.15, 0.2) is 55.0 Å². The van der Waals surface area contributed by atoms with Crippen molar-refractivity contribution in [3.05, 3.63) is 71.9 Å². The number of fused-ring (bicyclic) bond motifs is 2. The topological polar surface area (TPSA) is 94.8 Å². The molecular weight excluding hydrogens is 459 g/mol. The molecule has 3 N–H and O–H groups in total. The predicted molar refractivity (Wildman–Crippen MR) is 138 cm³/mol. The van der Waals surface area contributed by atoms with Crippen molar-refractivity contribution in [3.63, 3.8) is 0 Å². The largest absolute Gasteiger partial charge is 0.393 e. The molecule has 4 aromatic rings. The lowest BCUT2D eigenvalue weighted by Gasteiger charge is -2.19. The maximum Gasteiger partial charge on any atom is 0.254 e. The van der Waals surface area contributed by atoms with Gasteiger partial charge in [0.25, 0.3) is 5.91 Å². The van der Waals surface area contributed by atoms with Crippen LogP contribution in [-0.4, -0.2) is 45.1 Å². The van der Waals surface area contributed by atoms with Gasteiger partial charge in [0, 0.05) is 38.0 Å². The van der Waals surface area contributed by atoms with Crippen LogP contribution in [0.25, 0.3) is 16.9 Å².